The number of benzene rings is 2. The van der Waals surface area contributed by atoms with Gasteiger partial charge in [0.2, 0.25) is 5.91 Å². The van der Waals surface area contributed by atoms with Crippen LogP contribution in [0.2, 0.25) is 0 Å². The summed E-state index contributed by atoms with van der Waals surface area (Å²) in [6, 6.07) is 15.2. The van der Waals surface area contributed by atoms with Crippen LogP contribution in [-0.2, 0) is 4.79 Å². The summed E-state index contributed by atoms with van der Waals surface area (Å²) in [4.78, 5) is 47.2. The quantitative estimate of drug-likeness (QED) is 0.378. The molecular formula is C26H26N4O5. The van der Waals surface area contributed by atoms with E-state index < -0.39 is 35.2 Å². The highest BCUT2D eigenvalue weighted by atomic mass is 16.5. The highest BCUT2D eigenvalue weighted by molar-refractivity contribution is 5.85. The molecule has 2 aromatic heterocycles. The number of aromatic hydroxyl groups is 1. The molecule has 4 rings (SSSR count). The Morgan fingerprint density at radius 2 is 1.80 bits per heavy atom. The fraction of sp³-hybridized carbons (Fsp3) is 0.231. The van der Waals surface area contributed by atoms with E-state index in [1.54, 1.807) is 32.2 Å². The number of hydrogen-bond acceptors (Lipinski definition) is 6. The van der Waals surface area contributed by atoms with Crippen LogP contribution < -0.4 is 21.3 Å². The number of ether oxygens (including phenoxy) is 1. The number of methoxy groups -OCH3 is 1. The van der Waals surface area contributed by atoms with Gasteiger partial charge in [-0.25, -0.2) is 9.36 Å². The van der Waals surface area contributed by atoms with Gasteiger partial charge in [0.05, 0.1) is 18.7 Å². The fourth-order valence-corrected chi connectivity index (χ4v) is 4.28. The molecule has 0 aliphatic carbocycles. The molecule has 0 saturated carbocycles. The average Bonchev–Trinajstić information content (AvgIpc) is 2.86. The molecule has 0 spiro atoms. The maximum Gasteiger partial charge on any atom is 0.329 e. The summed E-state index contributed by atoms with van der Waals surface area (Å²) in [5.74, 6) is -0.894. The standard InChI is InChI=1S/C26H26N4O5/c1-15(17-9-5-4-6-10-17)23(24(32)28-16(2)22-20(35-3)13-8-14-27-22)30-25(33)21-18(29-26(30)34)11-7-12-19(21)31/h4-16,23,31H,1-3H3,(H,28,32)(H,29,34)/t15-,16+,23+/m1/s1. The van der Waals surface area contributed by atoms with E-state index in [9.17, 15) is 19.5 Å². The van der Waals surface area contributed by atoms with E-state index in [4.69, 9.17) is 4.74 Å². The summed E-state index contributed by atoms with van der Waals surface area (Å²) in [7, 11) is 1.51. The normalized spacial score (nSPS) is 13.7. The number of carbonyl (C=O) groups excluding carboxylic acids is 1. The van der Waals surface area contributed by atoms with Crippen LogP contribution >= 0.6 is 0 Å². The zero-order valence-electron chi connectivity index (χ0n) is 19.6. The molecule has 3 N–H and O–H groups in total. The number of nitrogens with zero attached hydrogens (tertiary/aromatic N) is 2. The number of H-pyrrole nitrogens is 1. The summed E-state index contributed by atoms with van der Waals surface area (Å²) in [6.07, 6.45) is 1.59. The van der Waals surface area contributed by atoms with Gasteiger partial charge < -0.3 is 20.1 Å². The van der Waals surface area contributed by atoms with Crippen molar-refractivity contribution in [3.8, 4) is 11.5 Å². The molecule has 0 aliphatic rings. The molecule has 0 radical (unpaired) electrons. The lowest BCUT2D eigenvalue weighted by atomic mass is 9.92. The summed E-state index contributed by atoms with van der Waals surface area (Å²) >= 11 is 0. The third kappa shape index (κ3) is 4.52. The highest BCUT2D eigenvalue weighted by Gasteiger charge is 2.33. The second-order valence-electron chi connectivity index (χ2n) is 8.27. The van der Waals surface area contributed by atoms with E-state index in [-0.39, 0.29) is 16.7 Å². The second-order valence-corrected chi connectivity index (χ2v) is 8.27. The minimum Gasteiger partial charge on any atom is -0.507 e. The number of fused-ring (bicyclic) bond motifs is 1. The van der Waals surface area contributed by atoms with Gasteiger partial charge in [-0.2, -0.15) is 0 Å². The third-order valence-electron chi connectivity index (χ3n) is 6.07. The van der Waals surface area contributed by atoms with Crippen LogP contribution in [0.15, 0.2) is 76.4 Å². The van der Waals surface area contributed by atoms with Gasteiger partial charge in [0, 0.05) is 12.1 Å². The first kappa shape index (κ1) is 23.7. The van der Waals surface area contributed by atoms with Crippen molar-refractivity contribution in [1.82, 2.24) is 19.9 Å². The van der Waals surface area contributed by atoms with E-state index in [1.807, 2.05) is 30.3 Å². The minimum absolute atomic E-state index is 0.0652. The monoisotopic (exact) mass is 474 g/mol. The Morgan fingerprint density at radius 1 is 1.06 bits per heavy atom. The molecule has 0 bridgehead atoms. The predicted molar refractivity (Wildman–Crippen MR) is 132 cm³/mol. The molecular weight excluding hydrogens is 448 g/mol. The van der Waals surface area contributed by atoms with Gasteiger partial charge in [-0.3, -0.25) is 14.6 Å². The number of aromatic nitrogens is 3. The SMILES string of the molecule is COc1cccnc1[C@H](C)NC(=O)[C@H]([C@H](C)c1ccccc1)n1c(=O)[nH]c2cccc(O)c2c1=O. The van der Waals surface area contributed by atoms with Gasteiger partial charge in [-0.1, -0.05) is 43.3 Å². The van der Waals surface area contributed by atoms with Gasteiger partial charge >= 0.3 is 5.69 Å². The molecule has 9 heteroatoms. The van der Waals surface area contributed by atoms with Gasteiger partial charge in [-0.05, 0) is 36.8 Å². The predicted octanol–water partition coefficient (Wildman–Crippen LogP) is 3.02. The lowest BCUT2D eigenvalue weighted by molar-refractivity contribution is -0.125. The van der Waals surface area contributed by atoms with Crippen LogP contribution in [0, 0.1) is 0 Å². The summed E-state index contributed by atoms with van der Waals surface area (Å²) < 4.78 is 6.23. The lowest BCUT2D eigenvalue weighted by Crippen LogP contribution is -2.47. The van der Waals surface area contributed by atoms with Crippen LogP contribution in [0.25, 0.3) is 10.9 Å². The summed E-state index contributed by atoms with van der Waals surface area (Å²) in [6.45, 7) is 3.51. The van der Waals surface area contributed by atoms with Crippen LogP contribution in [0.5, 0.6) is 11.5 Å². The first-order valence-electron chi connectivity index (χ1n) is 11.1. The molecule has 0 aliphatic heterocycles. The molecule has 1 amide bonds. The number of phenols is 1. The number of hydrogen-bond donors (Lipinski definition) is 3. The van der Waals surface area contributed by atoms with Crippen molar-refractivity contribution in [3.05, 3.63) is 99.0 Å². The summed E-state index contributed by atoms with van der Waals surface area (Å²) in [5.41, 5.74) is -0.0485. The van der Waals surface area contributed by atoms with Crippen molar-refractivity contribution < 1.29 is 14.6 Å². The van der Waals surface area contributed by atoms with Crippen LogP contribution in [0.1, 0.15) is 43.1 Å². The Kier molecular flexibility index (Phi) is 6.68. The Hall–Kier alpha value is -4.40. The number of aromatic amines is 1. The van der Waals surface area contributed by atoms with Gasteiger partial charge in [0.1, 0.15) is 28.6 Å². The smallest absolute Gasteiger partial charge is 0.329 e. The Labute approximate surface area is 201 Å². The van der Waals surface area contributed by atoms with Gasteiger partial charge in [0.15, 0.2) is 0 Å². The second kappa shape index (κ2) is 9.84. The number of phenolic OH excluding ortho intramolecular Hbond substituents is 1. The van der Waals surface area contributed by atoms with Crippen molar-refractivity contribution >= 4 is 16.8 Å². The van der Waals surface area contributed by atoms with Crippen molar-refractivity contribution in [2.45, 2.75) is 31.8 Å². The highest BCUT2D eigenvalue weighted by Crippen LogP contribution is 2.29. The first-order chi connectivity index (χ1) is 16.8. The number of amides is 1. The number of pyridine rings is 1. The molecule has 0 unspecified atom stereocenters. The van der Waals surface area contributed by atoms with Crippen molar-refractivity contribution in [2.24, 2.45) is 0 Å². The fourth-order valence-electron chi connectivity index (χ4n) is 4.28. The zero-order valence-corrected chi connectivity index (χ0v) is 19.6. The molecule has 0 fully saturated rings. The summed E-state index contributed by atoms with van der Waals surface area (Å²) in [5, 5.41) is 13.2. The molecule has 3 atom stereocenters. The Morgan fingerprint density at radius 3 is 2.51 bits per heavy atom. The van der Waals surface area contributed by atoms with E-state index in [2.05, 4.69) is 15.3 Å². The molecule has 9 nitrogen and oxygen atoms in total. The first-order valence-corrected chi connectivity index (χ1v) is 11.1. The molecule has 2 aromatic carbocycles. The average molecular weight is 475 g/mol. The number of nitrogens with one attached hydrogen (secondary N) is 2. The largest absolute Gasteiger partial charge is 0.507 e. The van der Waals surface area contributed by atoms with E-state index in [1.165, 1.54) is 25.3 Å². The third-order valence-corrected chi connectivity index (χ3v) is 6.07. The maximum absolute atomic E-state index is 13.7. The Bertz CT molecular complexity index is 1480. The van der Waals surface area contributed by atoms with Crippen LogP contribution in [-0.4, -0.2) is 32.7 Å². The number of carbonyl (C=O) groups is 1. The van der Waals surface area contributed by atoms with Crippen molar-refractivity contribution in [2.75, 3.05) is 7.11 Å². The molecule has 180 valence electrons. The topological polar surface area (TPSA) is 126 Å². The van der Waals surface area contributed by atoms with Crippen LogP contribution in [0.3, 0.4) is 0 Å². The van der Waals surface area contributed by atoms with Crippen molar-refractivity contribution in [1.29, 1.82) is 0 Å². The molecule has 2 heterocycles. The Balaban J connectivity index is 1.84. The van der Waals surface area contributed by atoms with E-state index in [0.29, 0.717) is 11.4 Å². The lowest BCUT2D eigenvalue weighted by Gasteiger charge is -2.27. The zero-order chi connectivity index (χ0) is 25.1. The number of rotatable bonds is 7. The molecule has 35 heavy (non-hydrogen) atoms. The van der Waals surface area contributed by atoms with Crippen molar-refractivity contribution in [3.63, 3.8) is 0 Å². The van der Waals surface area contributed by atoms with Gasteiger partial charge in [-0.15, -0.1) is 0 Å². The van der Waals surface area contributed by atoms with Gasteiger partial charge in [0.25, 0.3) is 5.56 Å². The molecule has 4 aromatic rings. The van der Waals surface area contributed by atoms with E-state index in [0.717, 1.165) is 10.1 Å². The molecule has 0 saturated heterocycles. The van der Waals surface area contributed by atoms with E-state index >= 15 is 0 Å². The van der Waals surface area contributed by atoms with Crippen LogP contribution in [0.4, 0.5) is 0 Å². The minimum atomic E-state index is -1.21. The maximum atomic E-state index is 13.7.